The van der Waals surface area contributed by atoms with E-state index in [2.05, 4.69) is 6.92 Å². The van der Waals surface area contributed by atoms with Gasteiger partial charge in [0.05, 0.1) is 0 Å². The largest absolute Gasteiger partial charge is 0.321 e. The summed E-state index contributed by atoms with van der Waals surface area (Å²) in [6, 6.07) is 4.48. The van der Waals surface area contributed by atoms with Crippen LogP contribution >= 0.6 is 11.6 Å². The molecule has 1 aromatic rings. The third-order valence-electron chi connectivity index (χ3n) is 3.22. The van der Waals surface area contributed by atoms with Crippen LogP contribution in [-0.2, 0) is 5.54 Å². The minimum Gasteiger partial charge on any atom is -0.321 e. The maximum absolute atomic E-state index is 12.9. The topological polar surface area (TPSA) is 26.0 Å². The molecule has 0 aromatic heterocycles. The van der Waals surface area contributed by atoms with Crippen molar-refractivity contribution in [1.29, 1.82) is 0 Å². The Balaban J connectivity index is 2.24. The number of benzene rings is 1. The Bertz CT molecular complexity index is 380. The van der Waals surface area contributed by atoms with Crippen molar-refractivity contribution in [2.24, 2.45) is 11.7 Å². The Morgan fingerprint density at radius 1 is 1.60 bits per heavy atom. The van der Waals surface area contributed by atoms with Gasteiger partial charge in [-0.05, 0) is 36.5 Å². The predicted molar refractivity (Wildman–Crippen MR) is 60.3 cm³/mol. The molecule has 0 bridgehead atoms. The molecule has 2 atom stereocenters. The molecule has 0 amide bonds. The predicted octanol–water partition coefficient (Wildman–Crippen LogP) is 3.45. The average molecular weight is 228 g/mol. The van der Waals surface area contributed by atoms with Gasteiger partial charge in [-0.2, -0.15) is 0 Å². The van der Waals surface area contributed by atoms with Crippen LogP contribution in [0.1, 0.15) is 31.7 Å². The minimum absolute atomic E-state index is 0.305. The molecule has 1 saturated carbocycles. The molecule has 1 nitrogen and oxygen atoms in total. The third kappa shape index (κ3) is 1.88. The van der Waals surface area contributed by atoms with Crippen molar-refractivity contribution in [3.63, 3.8) is 0 Å². The molecule has 1 fully saturated rings. The van der Waals surface area contributed by atoms with Crippen molar-refractivity contribution in [2.75, 3.05) is 0 Å². The van der Waals surface area contributed by atoms with Crippen LogP contribution in [-0.4, -0.2) is 0 Å². The van der Waals surface area contributed by atoms with E-state index in [0.29, 0.717) is 10.9 Å². The van der Waals surface area contributed by atoms with Crippen LogP contribution in [0.4, 0.5) is 4.39 Å². The van der Waals surface area contributed by atoms with E-state index in [1.54, 1.807) is 6.07 Å². The lowest BCUT2D eigenvalue weighted by Crippen LogP contribution is -2.22. The lowest BCUT2D eigenvalue weighted by molar-refractivity contribution is 0.579. The van der Waals surface area contributed by atoms with Crippen molar-refractivity contribution >= 4 is 11.6 Å². The van der Waals surface area contributed by atoms with Crippen molar-refractivity contribution in [1.82, 2.24) is 0 Å². The van der Waals surface area contributed by atoms with Crippen LogP contribution in [0.2, 0.25) is 5.02 Å². The Morgan fingerprint density at radius 3 is 2.93 bits per heavy atom. The SMILES string of the molecule is CCCC1CC1(N)c1ccc(F)cc1Cl. The summed E-state index contributed by atoms with van der Waals surface area (Å²) < 4.78 is 12.9. The summed E-state index contributed by atoms with van der Waals surface area (Å²) >= 11 is 6.00. The van der Waals surface area contributed by atoms with Crippen molar-refractivity contribution in [2.45, 2.75) is 31.7 Å². The van der Waals surface area contributed by atoms with Gasteiger partial charge in [0.15, 0.2) is 0 Å². The number of nitrogens with two attached hydrogens (primary N) is 1. The summed E-state index contributed by atoms with van der Waals surface area (Å²) in [6.45, 7) is 2.14. The van der Waals surface area contributed by atoms with Crippen molar-refractivity contribution in [3.05, 3.63) is 34.6 Å². The van der Waals surface area contributed by atoms with Gasteiger partial charge in [0.25, 0.3) is 0 Å². The Labute approximate surface area is 94.4 Å². The van der Waals surface area contributed by atoms with Gasteiger partial charge in [-0.25, -0.2) is 4.39 Å². The van der Waals surface area contributed by atoms with E-state index in [-0.39, 0.29) is 11.4 Å². The molecule has 82 valence electrons. The standard InChI is InChI=1S/C12H15ClFN/c1-2-3-8-7-12(8,15)10-5-4-9(14)6-11(10)13/h4-6,8H,2-3,7,15H2,1H3. The summed E-state index contributed by atoms with van der Waals surface area (Å²) in [5, 5.41) is 0.455. The summed E-state index contributed by atoms with van der Waals surface area (Å²) in [5.74, 6) is 0.200. The minimum atomic E-state index is -0.306. The summed E-state index contributed by atoms with van der Waals surface area (Å²) in [7, 11) is 0. The first-order chi connectivity index (χ1) is 7.08. The highest BCUT2D eigenvalue weighted by Gasteiger charge is 2.52. The molecule has 2 unspecified atom stereocenters. The van der Waals surface area contributed by atoms with Gasteiger partial charge in [0.2, 0.25) is 0 Å². The second kappa shape index (κ2) is 3.76. The highest BCUT2D eigenvalue weighted by molar-refractivity contribution is 6.31. The molecule has 2 rings (SSSR count). The fraction of sp³-hybridized carbons (Fsp3) is 0.500. The molecule has 2 N–H and O–H groups in total. The Hall–Kier alpha value is -0.600. The van der Waals surface area contributed by atoms with E-state index < -0.39 is 0 Å². The van der Waals surface area contributed by atoms with Crippen LogP contribution in [0.15, 0.2) is 18.2 Å². The smallest absolute Gasteiger partial charge is 0.124 e. The van der Waals surface area contributed by atoms with Crippen LogP contribution < -0.4 is 5.73 Å². The first-order valence-corrected chi connectivity index (χ1v) is 5.70. The highest BCUT2D eigenvalue weighted by atomic mass is 35.5. The molecule has 3 heteroatoms. The quantitative estimate of drug-likeness (QED) is 0.841. The summed E-state index contributed by atoms with van der Waals surface area (Å²) in [4.78, 5) is 0. The van der Waals surface area contributed by atoms with Gasteiger partial charge in [-0.3, -0.25) is 0 Å². The monoisotopic (exact) mass is 227 g/mol. The van der Waals surface area contributed by atoms with Gasteiger partial charge in [-0.15, -0.1) is 0 Å². The molecule has 0 spiro atoms. The van der Waals surface area contributed by atoms with Crippen molar-refractivity contribution < 1.29 is 4.39 Å². The fourth-order valence-electron chi connectivity index (χ4n) is 2.25. The van der Waals surface area contributed by atoms with Crippen LogP contribution in [0.25, 0.3) is 0 Å². The first kappa shape index (κ1) is 10.9. The summed E-state index contributed by atoms with van der Waals surface area (Å²) in [6.07, 6.45) is 3.21. The van der Waals surface area contributed by atoms with Crippen LogP contribution in [0.3, 0.4) is 0 Å². The van der Waals surface area contributed by atoms with Gasteiger partial charge in [0.1, 0.15) is 5.82 Å². The number of halogens is 2. The second-order valence-corrected chi connectivity index (χ2v) is 4.76. The zero-order chi connectivity index (χ0) is 11.1. The molecule has 0 saturated heterocycles. The van der Waals surface area contributed by atoms with E-state index in [9.17, 15) is 4.39 Å². The van der Waals surface area contributed by atoms with Crippen molar-refractivity contribution in [3.8, 4) is 0 Å². The molecule has 1 aliphatic carbocycles. The molecular formula is C12H15ClFN. The summed E-state index contributed by atoms with van der Waals surface area (Å²) in [5.41, 5.74) is 6.83. The highest BCUT2D eigenvalue weighted by Crippen LogP contribution is 2.53. The molecule has 1 aromatic carbocycles. The van der Waals surface area contributed by atoms with Gasteiger partial charge >= 0.3 is 0 Å². The Kier molecular flexibility index (Phi) is 2.73. The maximum Gasteiger partial charge on any atom is 0.124 e. The molecule has 1 aliphatic rings. The van der Waals surface area contributed by atoms with Gasteiger partial charge < -0.3 is 5.73 Å². The molecular weight excluding hydrogens is 213 g/mol. The molecule has 15 heavy (non-hydrogen) atoms. The van der Waals surface area contributed by atoms with E-state index in [1.165, 1.54) is 12.1 Å². The fourth-order valence-corrected chi connectivity index (χ4v) is 2.60. The lowest BCUT2D eigenvalue weighted by Gasteiger charge is -2.13. The van der Waals surface area contributed by atoms with E-state index >= 15 is 0 Å². The van der Waals surface area contributed by atoms with Crippen LogP contribution in [0, 0.1) is 11.7 Å². The third-order valence-corrected chi connectivity index (χ3v) is 3.53. The van der Waals surface area contributed by atoms with E-state index in [0.717, 1.165) is 24.8 Å². The first-order valence-electron chi connectivity index (χ1n) is 5.32. The Morgan fingerprint density at radius 2 is 2.33 bits per heavy atom. The lowest BCUT2D eigenvalue weighted by atomic mass is 10.0. The van der Waals surface area contributed by atoms with E-state index in [4.69, 9.17) is 17.3 Å². The zero-order valence-corrected chi connectivity index (χ0v) is 9.52. The zero-order valence-electron chi connectivity index (χ0n) is 8.76. The number of hydrogen-bond acceptors (Lipinski definition) is 1. The van der Waals surface area contributed by atoms with Crippen LogP contribution in [0.5, 0.6) is 0 Å². The van der Waals surface area contributed by atoms with E-state index in [1.807, 2.05) is 0 Å². The number of rotatable bonds is 3. The second-order valence-electron chi connectivity index (χ2n) is 4.35. The molecule has 0 radical (unpaired) electrons. The van der Waals surface area contributed by atoms with Gasteiger partial charge in [0, 0.05) is 10.6 Å². The number of hydrogen-bond donors (Lipinski definition) is 1. The average Bonchev–Trinajstić information content (AvgIpc) is 2.78. The van der Waals surface area contributed by atoms with Gasteiger partial charge in [-0.1, -0.05) is 31.0 Å². The molecule has 0 heterocycles. The molecule has 0 aliphatic heterocycles. The normalized spacial score (nSPS) is 29.2. The maximum atomic E-state index is 12.9.